The van der Waals surface area contributed by atoms with Crippen molar-refractivity contribution >= 4 is 5.91 Å². The second-order valence-corrected chi connectivity index (χ2v) is 8.40. The number of nitrogens with two attached hydrogens (primary N) is 1. The van der Waals surface area contributed by atoms with Gasteiger partial charge < -0.3 is 20.6 Å². The zero-order valence-corrected chi connectivity index (χ0v) is 15.3. The number of hydrogen-bond acceptors (Lipinski definition) is 5. The number of amides is 1. The summed E-state index contributed by atoms with van der Waals surface area (Å²) in [5.41, 5.74) is 8.00. The number of aryl methyl sites for hydroxylation is 2. The Kier molecular flexibility index (Phi) is 4.01. The summed E-state index contributed by atoms with van der Waals surface area (Å²) in [6.45, 7) is 10.5. The van der Waals surface area contributed by atoms with E-state index in [2.05, 4.69) is 36.0 Å². The zero-order chi connectivity index (χ0) is 17.9. The van der Waals surface area contributed by atoms with E-state index < -0.39 is 12.1 Å². The fourth-order valence-corrected chi connectivity index (χ4v) is 5.00. The minimum atomic E-state index is -0.718. The molecule has 0 spiro atoms. The van der Waals surface area contributed by atoms with Gasteiger partial charge in [0.25, 0.3) is 0 Å². The van der Waals surface area contributed by atoms with Crippen molar-refractivity contribution in [2.45, 2.75) is 39.8 Å². The predicted octanol–water partition coefficient (Wildman–Crippen LogP) is 0.187. The first-order valence-corrected chi connectivity index (χ1v) is 8.50. The zero-order valence-electron chi connectivity index (χ0n) is 15.3. The van der Waals surface area contributed by atoms with Crippen molar-refractivity contribution in [3.05, 3.63) is 17.0 Å². The quantitative estimate of drug-likeness (QED) is 0.716. The Hall–Kier alpha value is -1.44. The van der Waals surface area contributed by atoms with E-state index in [-0.39, 0.29) is 16.7 Å². The minimum Gasteiger partial charge on any atom is -0.392 e. The third kappa shape index (κ3) is 2.55. The summed E-state index contributed by atoms with van der Waals surface area (Å²) in [5.74, 6) is -0.0866. The second kappa shape index (κ2) is 5.54. The highest BCUT2D eigenvalue weighted by molar-refractivity contribution is 5.84. The van der Waals surface area contributed by atoms with Gasteiger partial charge in [-0.25, -0.2) is 0 Å². The van der Waals surface area contributed by atoms with Crippen LogP contribution in [0.5, 0.6) is 0 Å². The number of nitrogens with zero attached hydrogens (tertiary/aromatic N) is 3. The van der Waals surface area contributed by atoms with Gasteiger partial charge in [-0.2, -0.15) is 5.10 Å². The maximum Gasteiger partial charge on any atom is 0.244 e. The van der Waals surface area contributed by atoms with Gasteiger partial charge in [-0.1, -0.05) is 13.8 Å². The van der Waals surface area contributed by atoms with Crippen molar-refractivity contribution in [2.75, 3.05) is 33.2 Å². The van der Waals surface area contributed by atoms with Gasteiger partial charge in [0.15, 0.2) is 0 Å². The van der Waals surface area contributed by atoms with Crippen LogP contribution < -0.4 is 5.73 Å². The van der Waals surface area contributed by atoms with E-state index in [0.717, 1.165) is 30.0 Å². The average molecular weight is 335 g/mol. The molecule has 0 saturated carbocycles. The molecule has 7 heteroatoms. The second-order valence-electron chi connectivity index (χ2n) is 8.40. The first-order chi connectivity index (χ1) is 11.1. The van der Waals surface area contributed by atoms with Crippen molar-refractivity contribution in [2.24, 2.45) is 16.6 Å². The number of hydrogen-bond donors (Lipinski definition) is 3. The van der Waals surface area contributed by atoms with Crippen molar-refractivity contribution in [3.8, 4) is 0 Å². The Morgan fingerprint density at radius 3 is 2.29 bits per heavy atom. The third-order valence-corrected chi connectivity index (χ3v) is 5.76. The molecule has 2 aliphatic rings. The molecule has 0 aliphatic carbocycles. The SMILES string of the molecule is Cc1n[nH]c(C)c1[C@H](N)C(=O)N1C[C@]2(C)CN(C)C[C@@](C)(C1)C2O. The van der Waals surface area contributed by atoms with E-state index in [4.69, 9.17) is 5.73 Å². The molecule has 1 aromatic heterocycles. The van der Waals surface area contributed by atoms with E-state index in [1.54, 1.807) is 0 Å². The predicted molar refractivity (Wildman–Crippen MR) is 91.3 cm³/mol. The Balaban J connectivity index is 1.87. The van der Waals surface area contributed by atoms with Gasteiger partial charge in [0.1, 0.15) is 6.04 Å². The lowest BCUT2D eigenvalue weighted by atomic mass is 9.63. The molecule has 1 amide bonds. The van der Waals surface area contributed by atoms with Crippen LogP contribution in [0.4, 0.5) is 0 Å². The normalized spacial score (nSPS) is 35.1. The Morgan fingerprint density at radius 1 is 1.29 bits per heavy atom. The summed E-state index contributed by atoms with van der Waals surface area (Å²) >= 11 is 0. The first-order valence-electron chi connectivity index (χ1n) is 8.50. The number of carbonyl (C=O) groups is 1. The smallest absolute Gasteiger partial charge is 0.244 e. The minimum absolute atomic E-state index is 0.0866. The maximum atomic E-state index is 13.1. The van der Waals surface area contributed by atoms with E-state index in [1.807, 2.05) is 18.7 Å². The van der Waals surface area contributed by atoms with Gasteiger partial charge in [-0.3, -0.25) is 9.89 Å². The summed E-state index contributed by atoms with van der Waals surface area (Å²) in [4.78, 5) is 17.2. The van der Waals surface area contributed by atoms with Crippen molar-refractivity contribution in [1.82, 2.24) is 20.0 Å². The highest BCUT2D eigenvalue weighted by atomic mass is 16.3. The molecule has 4 N–H and O–H groups in total. The summed E-state index contributed by atoms with van der Waals surface area (Å²) < 4.78 is 0. The first kappa shape index (κ1) is 17.4. The highest BCUT2D eigenvalue weighted by Crippen LogP contribution is 2.45. The van der Waals surface area contributed by atoms with Gasteiger partial charge in [-0.15, -0.1) is 0 Å². The summed E-state index contributed by atoms with van der Waals surface area (Å²) in [5, 5.41) is 17.9. The number of aromatic nitrogens is 2. The Morgan fingerprint density at radius 2 is 1.83 bits per heavy atom. The lowest BCUT2D eigenvalue weighted by Crippen LogP contribution is -2.70. The fourth-order valence-electron chi connectivity index (χ4n) is 5.00. The summed E-state index contributed by atoms with van der Waals surface area (Å²) in [6, 6.07) is -0.718. The van der Waals surface area contributed by atoms with E-state index >= 15 is 0 Å². The molecule has 2 saturated heterocycles. The molecule has 24 heavy (non-hydrogen) atoms. The Bertz CT molecular complexity index is 618. The molecule has 134 valence electrons. The molecule has 0 unspecified atom stereocenters. The number of likely N-dealkylation sites (tertiary alicyclic amines) is 2. The van der Waals surface area contributed by atoms with Gasteiger partial charge >= 0.3 is 0 Å². The number of carbonyl (C=O) groups excluding carboxylic acids is 1. The number of aliphatic hydroxyl groups excluding tert-OH is 1. The number of nitrogens with one attached hydrogen (secondary N) is 1. The molecule has 3 rings (SSSR count). The van der Waals surface area contributed by atoms with Crippen molar-refractivity contribution in [3.63, 3.8) is 0 Å². The number of fused-ring (bicyclic) bond motifs is 2. The maximum absolute atomic E-state index is 13.1. The highest BCUT2D eigenvalue weighted by Gasteiger charge is 2.56. The fraction of sp³-hybridized carbons (Fsp3) is 0.765. The monoisotopic (exact) mass is 335 g/mol. The molecular formula is C17H29N5O2. The van der Waals surface area contributed by atoms with Gasteiger partial charge in [-0.05, 0) is 20.9 Å². The number of aromatic amines is 1. The van der Waals surface area contributed by atoms with Crippen molar-refractivity contribution in [1.29, 1.82) is 0 Å². The van der Waals surface area contributed by atoms with Crippen molar-refractivity contribution < 1.29 is 9.90 Å². The molecule has 2 aliphatic heterocycles. The molecule has 3 atom stereocenters. The standard InChI is InChI=1S/C17H29N5O2/c1-10-12(11(2)20-19-10)13(18)14(23)22-8-16(3)6-21(5)7-17(4,9-22)15(16)24/h13,15,24H,6-9,18H2,1-5H3,(H,19,20)/t13-,16-,17-/m0/s1. The summed E-state index contributed by atoms with van der Waals surface area (Å²) in [7, 11) is 2.07. The van der Waals surface area contributed by atoms with Crippen LogP contribution in [0.15, 0.2) is 0 Å². The molecule has 3 heterocycles. The van der Waals surface area contributed by atoms with Crippen LogP contribution in [-0.2, 0) is 4.79 Å². The number of H-pyrrole nitrogens is 1. The third-order valence-electron chi connectivity index (χ3n) is 5.76. The molecule has 0 radical (unpaired) electrons. The Labute approximate surface area is 143 Å². The molecule has 7 nitrogen and oxygen atoms in total. The summed E-state index contributed by atoms with van der Waals surface area (Å²) in [6.07, 6.45) is -0.418. The van der Waals surface area contributed by atoms with E-state index in [1.165, 1.54) is 0 Å². The van der Waals surface area contributed by atoms with Gasteiger partial charge in [0.05, 0.1) is 11.8 Å². The van der Waals surface area contributed by atoms with Crippen LogP contribution >= 0.6 is 0 Å². The van der Waals surface area contributed by atoms with Crippen LogP contribution in [0.2, 0.25) is 0 Å². The molecule has 2 fully saturated rings. The van der Waals surface area contributed by atoms with Gasteiger partial charge in [0, 0.05) is 48.3 Å². The van der Waals surface area contributed by atoms with Crippen LogP contribution in [-0.4, -0.2) is 70.3 Å². The lowest BCUT2D eigenvalue weighted by Gasteiger charge is -2.59. The number of aliphatic hydroxyl groups is 1. The van der Waals surface area contributed by atoms with E-state index in [0.29, 0.717) is 13.1 Å². The number of rotatable bonds is 2. The topological polar surface area (TPSA) is 98.5 Å². The molecule has 0 aromatic carbocycles. The largest absolute Gasteiger partial charge is 0.392 e. The lowest BCUT2D eigenvalue weighted by molar-refractivity contribution is -0.180. The molecular weight excluding hydrogens is 306 g/mol. The van der Waals surface area contributed by atoms with Crippen LogP contribution in [0.1, 0.15) is 36.8 Å². The van der Waals surface area contributed by atoms with Crippen LogP contribution in [0.25, 0.3) is 0 Å². The van der Waals surface area contributed by atoms with Gasteiger partial charge in [0.2, 0.25) is 5.91 Å². The van der Waals surface area contributed by atoms with E-state index in [9.17, 15) is 9.90 Å². The average Bonchev–Trinajstić information content (AvgIpc) is 2.80. The molecule has 2 bridgehead atoms. The molecule has 1 aromatic rings. The number of piperidine rings is 2. The van der Waals surface area contributed by atoms with Crippen LogP contribution in [0, 0.1) is 24.7 Å². The van der Waals surface area contributed by atoms with Crippen LogP contribution in [0.3, 0.4) is 0 Å².